The molecule has 7 heteroatoms. The number of nitrogens with one attached hydrogen (secondary N) is 2. The first-order valence-electron chi connectivity index (χ1n) is 8.33. The maximum absolute atomic E-state index is 5.44. The molecule has 0 bridgehead atoms. The second-order valence-corrected chi connectivity index (χ2v) is 5.45. The highest BCUT2D eigenvalue weighted by atomic mass is 16.5. The molecule has 7 nitrogen and oxygen atoms in total. The highest BCUT2D eigenvalue weighted by Crippen LogP contribution is 2.19. The van der Waals surface area contributed by atoms with Crippen LogP contribution in [-0.4, -0.2) is 28.9 Å². The number of methoxy groups -OCH3 is 1. The lowest BCUT2D eigenvalue weighted by Crippen LogP contribution is -2.06. The van der Waals surface area contributed by atoms with Gasteiger partial charge >= 0.3 is 0 Å². The molecule has 0 saturated heterocycles. The number of hydrogen-bond acceptors (Lipinski definition) is 7. The Hall–Kier alpha value is -3.35. The van der Waals surface area contributed by atoms with Crippen LogP contribution >= 0.6 is 0 Å². The van der Waals surface area contributed by atoms with E-state index in [0.717, 1.165) is 22.7 Å². The Kier molecular flexibility index (Phi) is 5.82. The number of anilines is 3. The average molecular weight is 351 g/mol. The molecule has 2 aromatic carbocycles. The van der Waals surface area contributed by atoms with E-state index < -0.39 is 0 Å². The summed E-state index contributed by atoms with van der Waals surface area (Å²) >= 11 is 0. The number of ether oxygens (including phenoxy) is 2. The van der Waals surface area contributed by atoms with Crippen molar-refractivity contribution in [2.45, 2.75) is 13.5 Å². The van der Waals surface area contributed by atoms with Gasteiger partial charge in [-0.2, -0.15) is 10.1 Å². The summed E-state index contributed by atoms with van der Waals surface area (Å²) < 4.78 is 10.6. The number of hydrogen-bond donors (Lipinski definition) is 2. The lowest BCUT2D eigenvalue weighted by molar-refractivity contribution is 0.340. The van der Waals surface area contributed by atoms with Crippen molar-refractivity contribution in [1.29, 1.82) is 0 Å². The number of benzene rings is 2. The molecule has 0 atom stereocenters. The van der Waals surface area contributed by atoms with Gasteiger partial charge in [0.2, 0.25) is 5.95 Å². The maximum Gasteiger partial charge on any atom is 0.244 e. The fourth-order valence-corrected chi connectivity index (χ4v) is 2.31. The molecule has 1 heterocycles. The third kappa shape index (κ3) is 4.83. The Balaban J connectivity index is 1.60. The predicted molar refractivity (Wildman–Crippen MR) is 101 cm³/mol. The summed E-state index contributed by atoms with van der Waals surface area (Å²) in [5, 5.41) is 14.4. The van der Waals surface area contributed by atoms with Crippen LogP contribution in [0.2, 0.25) is 0 Å². The van der Waals surface area contributed by atoms with Gasteiger partial charge in [-0.3, -0.25) is 0 Å². The van der Waals surface area contributed by atoms with Gasteiger partial charge in [-0.1, -0.05) is 12.1 Å². The lowest BCUT2D eigenvalue weighted by Gasteiger charge is -2.09. The first-order valence-corrected chi connectivity index (χ1v) is 8.33. The topological polar surface area (TPSA) is 81.2 Å². The number of rotatable bonds is 8. The molecule has 134 valence electrons. The van der Waals surface area contributed by atoms with Crippen molar-refractivity contribution in [2.75, 3.05) is 24.4 Å². The molecule has 3 rings (SSSR count). The molecule has 0 saturated carbocycles. The number of nitrogens with zero attached hydrogens (tertiary/aromatic N) is 3. The molecule has 0 amide bonds. The lowest BCUT2D eigenvalue weighted by atomic mass is 10.2. The quantitative estimate of drug-likeness (QED) is 0.641. The molecular formula is C19H21N5O2. The van der Waals surface area contributed by atoms with E-state index in [2.05, 4.69) is 25.8 Å². The molecule has 0 radical (unpaired) electrons. The van der Waals surface area contributed by atoms with E-state index in [-0.39, 0.29) is 0 Å². The minimum absolute atomic E-state index is 0.455. The average Bonchev–Trinajstić information content (AvgIpc) is 2.69. The van der Waals surface area contributed by atoms with Gasteiger partial charge in [0.1, 0.15) is 11.5 Å². The number of aromatic nitrogens is 3. The summed E-state index contributed by atoms with van der Waals surface area (Å²) in [7, 11) is 1.65. The molecule has 0 aliphatic carbocycles. The fraction of sp³-hybridized carbons (Fsp3) is 0.211. The normalized spacial score (nSPS) is 10.2. The molecule has 0 aliphatic rings. The van der Waals surface area contributed by atoms with E-state index in [1.54, 1.807) is 13.3 Å². The molecular weight excluding hydrogens is 330 g/mol. The zero-order valence-electron chi connectivity index (χ0n) is 14.8. The van der Waals surface area contributed by atoms with Crippen molar-refractivity contribution < 1.29 is 9.47 Å². The Morgan fingerprint density at radius 1 is 0.962 bits per heavy atom. The van der Waals surface area contributed by atoms with Gasteiger partial charge in [-0.25, -0.2) is 0 Å². The third-order valence-electron chi connectivity index (χ3n) is 3.61. The van der Waals surface area contributed by atoms with Gasteiger partial charge in [0.05, 0.1) is 19.9 Å². The van der Waals surface area contributed by atoms with Gasteiger partial charge in [0, 0.05) is 12.2 Å². The summed E-state index contributed by atoms with van der Waals surface area (Å²) in [4.78, 5) is 4.42. The van der Waals surface area contributed by atoms with Crippen LogP contribution in [0.25, 0.3) is 0 Å². The Morgan fingerprint density at radius 2 is 1.69 bits per heavy atom. The van der Waals surface area contributed by atoms with Crippen LogP contribution in [0, 0.1) is 0 Å². The van der Waals surface area contributed by atoms with E-state index in [1.165, 1.54) is 0 Å². The molecule has 0 fully saturated rings. The van der Waals surface area contributed by atoms with Crippen LogP contribution in [0.3, 0.4) is 0 Å². The van der Waals surface area contributed by atoms with E-state index >= 15 is 0 Å². The van der Waals surface area contributed by atoms with Gasteiger partial charge in [0.15, 0.2) is 5.82 Å². The van der Waals surface area contributed by atoms with Gasteiger partial charge < -0.3 is 20.1 Å². The predicted octanol–water partition coefficient (Wildman–Crippen LogP) is 3.63. The van der Waals surface area contributed by atoms with Crippen molar-refractivity contribution in [3.63, 3.8) is 0 Å². The highest BCUT2D eigenvalue weighted by Gasteiger charge is 2.02. The highest BCUT2D eigenvalue weighted by molar-refractivity contribution is 5.57. The molecule has 2 N–H and O–H groups in total. The van der Waals surface area contributed by atoms with Crippen LogP contribution in [0.1, 0.15) is 12.5 Å². The zero-order valence-corrected chi connectivity index (χ0v) is 14.8. The summed E-state index contributed by atoms with van der Waals surface area (Å²) in [5.41, 5.74) is 1.99. The first-order chi connectivity index (χ1) is 12.8. The summed E-state index contributed by atoms with van der Waals surface area (Å²) in [6, 6.07) is 15.5. The molecule has 1 aromatic heterocycles. The van der Waals surface area contributed by atoms with E-state index in [1.807, 2.05) is 55.5 Å². The summed E-state index contributed by atoms with van der Waals surface area (Å²) in [5.74, 6) is 2.73. The smallest absolute Gasteiger partial charge is 0.244 e. The van der Waals surface area contributed by atoms with E-state index in [9.17, 15) is 0 Å². The fourth-order valence-electron chi connectivity index (χ4n) is 2.31. The maximum atomic E-state index is 5.44. The Bertz CT molecular complexity index is 822. The first kappa shape index (κ1) is 17.5. The van der Waals surface area contributed by atoms with Crippen molar-refractivity contribution in [2.24, 2.45) is 0 Å². The molecule has 0 unspecified atom stereocenters. The van der Waals surface area contributed by atoms with E-state index in [0.29, 0.717) is 24.9 Å². The van der Waals surface area contributed by atoms with Crippen LogP contribution in [0.15, 0.2) is 54.7 Å². The summed E-state index contributed by atoms with van der Waals surface area (Å²) in [6.45, 7) is 3.20. The Morgan fingerprint density at radius 3 is 2.38 bits per heavy atom. The Labute approximate surface area is 152 Å². The third-order valence-corrected chi connectivity index (χ3v) is 3.61. The molecule has 0 aliphatic heterocycles. The van der Waals surface area contributed by atoms with Crippen LogP contribution < -0.4 is 20.1 Å². The van der Waals surface area contributed by atoms with Gasteiger partial charge in [0.25, 0.3) is 0 Å². The SMILES string of the molecule is CCOc1ccc(Nc2cnnc(NCc3ccc(OC)cc3)n2)cc1. The molecule has 3 aromatic rings. The second-order valence-electron chi connectivity index (χ2n) is 5.45. The monoisotopic (exact) mass is 351 g/mol. The molecule has 26 heavy (non-hydrogen) atoms. The standard InChI is InChI=1S/C19H21N5O2/c1-3-26-17-10-6-15(7-11-17)22-18-13-21-24-19(23-18)20-12-14-4-8-16(25-2)9-5-14/h4-11,13H,3,12H2,1-2H3,(H2,20,22,23,24). The van der Waals surface area contributed by atoms with Crippen LogP contribution in [-0.2, 0) is 6.54 Å². The van der Waals surface area contributed by atoms with Crippen molar-refractivity contribution >= 4 is 17.5 Å². The summed E-state index contributed by atoms with van der Waals surface area (Å²) in [6.07, 6.45) is 1.58. The molecule has 0 spiro atoms. The van der Waals surface area contributed by atoms with Crippen molar-refractivity contribution in [3.8, 4) is 11.5 Å². The largest absolute Gasteiger partial charge is 0.497 e. The van der Waals surface area contributed by atoms with Gasteiger partial charge in [-0.05, 0) is 48.9 Å². The van der Waals surface area contributed by atoms with Crippen LogP contribution in [0.5, 0.6) is 11.5 Å². The van der Waals surface area contributed by atoms with Gasteiger partial charge in [-0.15, -0.1) is 5.10 Å². The van der Waals surface area contributed by atoms with Crippen molar-refractivity contribution in [1.82, 2.24) is 15.2 Å². The van der Waals surface area contributed by atoms with E-state index in [4.69, 9.17) is 9.47 Å². The minimum Gasteiger partial charge on any atom is -0.497 e. The zero-order chi connectivity index (χ0) is 18.2. The van der Waals surface area contributed by atoms with Crippen LogP contribution in [0.4, 0.5) is 17.5 Å². The second kappa shape index (κ2) is 8.66. The minimum atomic E-state index is 0.455. The van der Waals surface area contributed by atoms with Crippen molar-refractivity contribution in [3.05, 3.63) is 60.3 Å².